The van der Waals surface area contributed by atoms with Crippen LogP contribution in [0, 0.1) is 11.7 Å². The summed E-state index contributed by atoms with van der Waals surface area (Å²) in [5, 5.41) is 1.95. The molecule has 1 aliphatic heterocycles. The summed E-state index contributed by atoms with van der Waals surface area (Å²) in [6.45, 7) is 5.26. The molecule has 0 atom stereocenters. The molecule has 12 heteroatoms. The zero-order valence-electron chi connectivity index (χ0n) is 22.6. The van der Waals surface area contributed by atoms with E-state index in [2.05, 4.69) is 0 Å². The Kier molecular flexibility index (Phi) is 9.78. The average Bonchev–Trinajstić information content (AvgIpc) is 3.47. The normalized spacial score (nSPS) is 15.4. The van der Waals surface area contributed by atoms with Crippen LogP contribution in [0.3, 0.4) is 0 Å². The quantitative estimate of drug-likeness (QED) is 0.319. The summed E-state index contributed by atoms with van der Waals surface area (Å²) in [5.41, 5.74) is 0.817. The summed E-state index contributed by atoms with van der Waals surface area (Å²) >= 11 is 1.55. The van der Waals surface area contributed by atoms with E-state index in [0.717, 1.165) is 10.4 Å². The lowest BCUT2D eigenvalue weighted by Crippen LogP contribution is -2.44. The van der Waals surface area contributed by atoms with Gasteiger partial charge in [-0.25, -0.2) is 21.2 Å². The first-order valence-electron chi connectivity index (χ1n) is 13.2. The van der Waals surface area contributed by atoms with Crippen LogP contribution in [0.4, 0.5) is 4.39 Å². The van der Waals surface area contributed by atoms with Crippen molar-refractivity contribution in [1.29, 1.82) is 0 Å². The van der Waals surface area contributed by atoms with Crippen LogP contribution >= 0.6 is 11.3 Å². The van der Waals surface area contributed by atoms with Crippen LogP contribution < -0.4 is 0 Å². The molecule has 1 fully saturated rings. The molecular weight excluding hydrogens is 574 g/mol. The van der Waals surface area contributed by atoms with Gasteiger partial charge in [-0.2, -0.15) is 8.61 Å². The van der Waals surface area contributed by atoms with Gasteiger partial charge in [0.05, 0.1) is 16.3 Å². The molecule has 4 rings (SSSR count). The number of piperidine rings is 1. The zero-order valence-corrected chi connectivity index (χ0v) is 25.0. The standard InChI is InChI=1S/C28H34FN3O5S3/c1-3-31(4-2)39(34,35)26-11-13-27(14-12-26)40(36,37)32-17-15-23(16-18-32)28(33)30(21-25-6-5-19-38-25)20-22-7-9-24(29)10-8-22/h5-14,19,23H,3-4,15-18,20-21H2,1-2H3. The number of halogens is 1. The minimum atomic E-state index is -3.85. The minimum absolute atomic E-state index is 0.0198. The summed E-state index contributed by atoms with van der Waals surface area (Å²) in [4.78, 5) is 16.4. The first kappa shape index (κ1) is 30.3. The van der Waals surface area contributed by atoms with Crippen LogP contribution in [-0.2, 0) is 37.9 Å². The Labute approximate surface area is 240 Å². The maximum atomic E-state index is 13.6. The van der Waals surface area contributed by atoms with Crippen molar-refractivity contribution in [2.45, 2.75) is 49.6 Å². The molecule has 1 saturated heterocycles. The van der Waals surface area contributed by atoms with Crippen LogP contribution in [0.1, 0.15) is 37.1 Å². The van der Waals surface area contributed by atoms with Crippen LogP contribution in [0.5, 0.6) is 0 Å². The minimum Gasteiger partial charge on any atom is -0.333 e. The molecule has 3 aromatic rings. The van der Waals surface area contributed by atoms with E-state index >= 15 is 0 Å². The SMILES string of the molecule is CCN(CC)S(=O)(=O)c1ccc(S(=O)(=O)N2CCC(C(=O)N(Cc3ccc(F)cc3)Cc3cccs3)CC2)cc1. The molecule has 0 spiro atoms. The third kappa shape index (κ3) is 6.80. The number of sulfonamides is 2. The molecular formula is C28H34FN3O5S3. The number of hydrogen-bond donors (Lipinski definition) is 0. The van der Waals surface area contributed by atoms with E-state index in [1.54, 1.807) is 42.2 Å². The van der Waals surface area contributed by atoms with Gasteiger partial charge in [0, 0.05) is 43.5 Å². The molecule has 0 bridgehead atoms. The molecule has 0 radical (unpaired) electrons. The molecule has 0 N–H and O–H groups in total. The first-order chi connectivity index (χ1) is 19.1. The van der Waals surface area contributed by atoms with E-state index in [4.69, 9.17) is 0 Å². The number of nitrogens with zero attached hydrogens (tertiary/aromatic N) is 3. The highest BCUT2D eigenvalue weighted by atomic mass is 32.2. The monoisotopic (exact) mass is 607 g/mol. The van der Waals surface area contributed by atoms with E-state index in [-0.39, 0.29) is 40.5 Å². The molecule has 1 amide bonds. The van der Waals surface area contributed by atoms with Crippen LogP contribution in [0.25, 0.3) is 0 Å². The van der Waals surface area contributed by atoms with Crippen molar-refractivity contribution in [3.05, 3.63) is 82.3 Å². The van der Waals surface area contributed by atoms with Gasteiger partial charge < -0.3 is 4.90 Å². The highest BCUT2D eigenvalue weighted by molar-refractivity contribution is 7.89. The van der Waals surface area contributed by atoms with Crippen LogP contribution in [0.15, 0.2) is 75.8 Å². The Balaban J connectivity index is 1.44. The third-order valence-electron chi connectivity index (χ3n) is 7.13. The Bertz CT molecular complexity index is 1480. The Morgan fingerprint density at radius 3 is 2.05 bits per heavy atom. The average molecular weight is 608 g/mol. The fourth-order valence-electron chi connectivity index (χ4n) is 4.86. The van der Waals surface area contributed by atoms with Gasteiger partial charge in [0.2, 0.25) is 26.0 Å². The van der Waals surface area contributed by atoms with Crippen molar-refractivity contribution in [3.63, 3.8) is 0 Å². The van der Waals surface area contributed by atoms with Crippen molar-refractivity contribution >= 4 is 37.3 Å². The number of carbonyl (C=O) groups excluding carboxylic acids is 1. The molecule has 0 unspecified atom stereocenters. The van der Waals surface area contributed by atoms with Gasteiger partial charge in [-0.3, -0.25) is 4.79 Å². The second-order valence-corrected chi connectivity index (χ2v) is 14.5. The van der Waals surface area contributed by atoms with E-state index < -0.39 is 20.0 Å². The van der Waals surface area contributed by atoms with Crippen molar-refractivity contribution in [3.8, 4) is 0 Å². The van der Waals surface area contributed by atoms with Gasteiger partial charge in [-0.05, 0) is 66.2 Å². The summed E-state index contributed by atoms with van der Waals surface area (Å²) in [6, 6.07) is 15.3. The third-order valence-corrected chi connectivity index (χ3v) is 12.0. The summed E-state index contributed by atoms with van der Waals surface area (Å²) < 4.78 is 68.2. The largest absolute Gasteiger partial charge is 0.333 e. The van der Waals surface area contributed by atoms with Gasteiger partial charge in [-0.15, -0.1) is 11.3 Å². The van der Waals surface area contributed by atoms with E-state index in [9.17, 15) is 26.0 Å². The Morgan fingerprint density at radius 2 is 1.50 bits per heavy atom. The van der Waals surface area contributed by atoms with Gasteiger partial charge in [-0.1, -0.05) is 32.0 Å². The van der Waals surface area contributed by atoms with Gasteiger partial charge >= 0.3 is 0 Å². The fourth-order valence-corrected chi connectivity index (χ4v) is 8.51. The summed E-state index contributed by atoms with van der Waals surface area (Å²) in [5.74, 6) is -0.734. The molecule has 2 heterocycles. The van der Waals surface area contributed by atoms with E-state index in [0.29, 0.717) is 39.0 Å². The maximum Gasteiger partial charge on any atom is 0.243 e. The molecule has 2 aromatic carbocycles. The molecule has 1 aliphatic rings. The second-order valence-electron chi connectivity index (χ2n) is 9.64. The number of rotatable bonds is 11. The van der Waals surface area contributed by atoms with Crippen molar-refractivity contribution < 1.29 is 26.0 Å². The Morgan fingerprint density at radius 1 is 0.900 bits per heavy atom. The topological polar surface area (TPSA) is 95.1 Å². The fraction of sp³-hybridized carbons (Fsp3) is 0.393. The molecule has 40 heavy (non-hydrogen) atoms. The molecule has 216 valence electrons. The molecule has 1 aromatic heterocycles. The number of hydrogen-bond acceptors (Lipinski definition) is 6. The first-order valence-corrected chi connectivity index (χ1v) is 17.0. The lowest BCUT2D eigenvalue weighted by atomic mass is 9.96. The molecule has 0 saturated carbocycles. The summed E-state index contributed by atoms with van der Waals surface area (Å²) in [6.07, 6.45) is 0.744. The van der Waals surface area contributed by atoms with Gasteiger partial charge in [0.1, 0.15) is 5.82 Å². The van der Waals surface area contributed by atoms with E-state index in [1.165, 1.54) is 45.0 Å². The predicted octanol–water partition coefficient (Wildman–Crippen LogP) is 4.55. The summed E-state index contributed by atoms with van der Waals surface area (Å²) in [7, 11) is -7.54. The molecule has 8 nitrogen and oxygen atoms in total. The number of benzene rings is 2. The lowest BCUT2D eigenvalue weighted by Gasteiger charge is -2.33. The second kappa shape index (κ2) is 12.9. The highest BCUT2D eigenvalue weighted by Crippen LogP contribution is 2.28. The van der Waals surface area contributed by atoms with E-state index in [1.807, 2.05) is 17.5 Å². The van der Waals surface area contributed by atoms with Crippen LogP contribution in [-0.4, -0.2) is 62.4 Å². The van der Waals surface area contributed by atoms with Gasteiger partial charge in [0.25, 0.3) is 0 Å². The highest BCUT2D eigenvalue weighted by Gasteiger charge is 2.34. The maximum absolute atomic E-state index is 13.6. The zero-order chi connectivity index (χ0) is 28.9. The van der Waals surface area contributed by atoms with Crippen molar-refractivity contribution in [1.82, 2.24) is 13.5 Å². The molecule has 0 aliphatic carbocycles. The van der Waals surface area contributed by atoms with Gasteiger partial charge in [0.15, 0.2) is 0 Å². The van der Waals surface area contributed by atoms with Crippen LogP contribution in [0.2, 0.25) is 0 Å². The van der Waals surface area contributed by atoms with Crippen molar-refractivity contribution in [2.75, 3.05) is 26.2 Å². The lowest BCUT2D eigenvalue weighted by molar-refractivity contribution is -0.138. The smallest absolute Gasteiger partial charge is 0.243 e. The predicted molar refractivity (Wildman–Crippen MR) is 153 cm³/mol. The number of amides is 1. The number of carbonyl (C=O) groups is 1. The Hall–Kier alpha value is -2.64. The number of thiophene rings is 1. The van der Waals surface area contributed by atoms with Crippen molar-refractivity contribution in [2.24, 2.45) is 5.92 Å².